The number of likely N-dealkylation sites (N-methyl/N-ethyl adjacent to an activating group) is 1. The fourth-order valence-corrected chi connectivity index (χ4v) is 1.93. The van der Waals surface area contributed by atoms with Gasteiger partial charge in [0.1, 0.15) is 6.33 Å². The number of amides is 1. The van der Waals surface area contributed by atoms with Crippen molar-refractivity contribution in [2.75, 3.05) is 19.7 Å². The molecule has 2 rings (SSSR count). The SMILES string of the molecule is CCN(CC)C(=O)COC(=O)c1cccc(-n2cnnn2)c1. The smallest absolute Gasteiger partial charge is 0.338 e. The van der Waals surface area contributed by atoms with Crippen molar-refractivity contribution in [3.8, 4) is 5.69 Å². The molecule has 0 bridgehead atoms. The van der Waals surface area contributed by atoms with E-state index in [2.05, 4.69) is 15.5 Å². The summed E-state index contributed by atoms with van der Waals surface area (Å²) in [6.07, 6.45) is 1.42. The molecule has 1 amide bonds. The molecule has 0 aliphatic heterocycles. The van der Waals surface area contributed by atoms with Crippen LogP contribution in [-0.4, -0.2) is 56.7 Å². The number of aromatic nitrogens is 4. The van der Waals surface area contributed by atoms with Crippen LogP contribution in [0.3, 0.4) is 0 Å². The van der Waals surface area contributed by atoms with E-state index in [0.717, 1.165) is 0 Å². The average molecular weight is 303 g/mol. The van der Waals surface area contributed by atoms with Gasteiger partial charge in [-0.05, 0) is 42.5 Å². The number of carbonyl (C=O) groups excluding carboxylic acids is 2. The lowest BCUT2D eigenvalue weighted by atomic mass is 10.2. The van der Waals surface area contributed by atoms with Gasteiger partial charge < -0.3 is 9.64 Å². The highest BCUT2D eigenvalue weighted by atomic mass is 16.5. The Bertz CT molecular complexity index is 638. The molecule has 116 valence electrons. The summed E-state index contributed by atoms with van der Waals surface area (Å²) in [6.45, 7) is 4.65. The summed E-state index contributed by atoms with van der Waals surface area (Å²) < 4.78 is 6.48. The van der Waals surface area contributed by atoms with Crippen LogP contribution >= 0.6 is 0 Å². The topological polar surface area (TPSA) is 90.2 Å². The molecule has 1 aromatic carbocycles. The van der Waals surface area contributed by atoms with E-state index in [4.69, 9.17) is 4.74 Å². The molecule has 8 nitrogen and oxygen atoms in total. The van der Waals surface area contributed by atoms with Crippen molar-refractivity contribution in [1.82, 2.24) is 25.1 Å². The molecule has 0 saturated heterocycles. The number of carbonyl (C=O) groups is 2. The maximum Gasteiger partial charge on any atom is 0.338 e. The molecule has 8 heteroatoms. The molecule has 0 fully saturated rings. The van der Waals surface area contributed by atoms with Gasteiger partial charge in [-0.2, -0.15) is 0 Å². The fourth-order valence-electron chi connectivity index (χ4n) is 1.93. The lowest BCUT2D eigenvalue weighted by molar-refractivity contribution is -0.134. The Hall–Kier alpha value is -2.77. The van der Waals surface area contributed by atoms with Crippen LogP contribution < -0.4 is 0 Å². The first-order valence-corrected chi connectivity index (χ1v) is 6.94. The monoisotopic (exact) mass is 303 g/mol. The number of esters is 1. The minimum absolute atomic E-state index is 0.213. The highest BCUT2D eigenvalue weighted by Crippen LogP contribution is 2.10. The average Bonchev–Trinajstić information content (AvgIpc) is 3.08. The lowest BCUT2D eigenvalue weighted by Gasteiger charge is -2.18. The summed E-state index contributed by atoms with van der Waals surface area (Å²) in [4.78, 5) is 25.4. The number of nitrogens with zero attached hydrogens (tertiary/aromatic N) is 5. The summed E-state index contributed by atoms with van der Waals surface area (Å²) in [6, 6.07) is 6.66. The molecule has 0 spiro atoms. The number of hydrogen-bond donors (Lipinski definition) is 0. The molecule has 0 unspecified atom stereocenters. The van der Waals surface area contributed by atoms with Gasteiger partial charge in [0.2, 0.25) is 0 Å². The fraction of sp³-hybridized carbons (Fsp3) is 0.357. The third kappa shape index (κ3) is 3.66. The van der Waals surface area contributed by atoms with Crippen molar-refractivity contribution >= 4 is 11.9 Å². The first kappa shape index (κ1) is 15.6. The first-order chi connectivity index (χ1) is 10.7. The van der Waals surface area contributed by atoms with E-state index in [0.29, 0.717) is 24.3 Å². The van der Waals surface area contributed by atoms with E-state index < -0.39 is 5.97 Å². The first-order valence-electron chi connectivity index (χ1n) is 6.94. The summed E-state index contributed by atoms with van der Waals surface area (Å²) in [5, 5.41) is 10.8. The van der Waals surface area contributed by atoms with Crippen molar-refractivity contribution in [2.45, 2.75) is 13.8 Å². The van der Waals surface area contributed by atoms with Gasteiger partial charge in [0.05, 0.1) is 11.3 Å². The number of tetrazole rings is 1. The molecule has 1 aromatic heterocycles. The Morgan fingerprint density at radius 3 is 2.68 bits per heavy atom. The van der Waals surface area contributed by atoms with Gasteiger partial charge in [0, 0.05) is 13.1 Å². The van der Waals surface area contributed by atoms with Crippen molar-refractivity contribution in [2.24, 2.45) is 0 Å². The van der Waals surface area contributed by atoms with Crippen molar-refractivity contribution in [3.63, 3.8) is 0 Å². The van der Waals surface area contributed by atoms with E-state index in [-0.39, 0.29) is 12.5 Å². The number of ether oxygens (including phenoxy) is 1. The van der Waals surface area contributed by atoms with E-state index in [1.807, 2.05) is 13.8 Å². The summed E-state index contributed by atoms with van der Waals surface area (Å²) in [5.74, 6) is -0.773. The zero-order valence-corrected chi connectivity index (χ0v) is 12.5. The van der Waals surface area contributed by atoms with E-state index >= 15 is 0 Å². The molecular weight excluding hydrogens is 286 g/mol. The Morgan fingerprint density at radius 2 is 2.05 bits per heavy atom. The second kappa shape index (κ2) is 7.30. The van der Waals surface area contributed by atoms with Crippen LogP contribution in [0.2, 0.25) is 0 Å². The quantitative estimate of drug-likeness (QED) is 0.729. The van der Waals surface area contributed by atoms with Gasteiger partial charge in [-0.15, -0.1) is 5.10 Å². The number of hydrogen-bond acceptors (Lipinski definition) is 6. The van der Waals surface area contributed by atoms with Crippen LogP contribution in [0.5, 0.6) is 0 Å². The van der Waals surface area contributed by atoms with Crippen LogP contribution in [0.4, 0.5) is 0 Å². The number of benzene rings is 1. The molecule has 0 N–H and O–H groups in total. The molecule has 0 aliphatic rings. The van der Waals surface area contributed by atoms with Crippen molar-refractivity contribution < 1.29 is 14.3 Å². The van der Waals surface area contributed by atoms with Gasteiger partial charge in [0.15, 0.2) is 6.61 Å². The highest BCUT2D eigenvalue weighted by Gasteiger charge is 2.14. The molecule has 0 aliphatic carbocycles. The standard InChI is InChI=1S/C14H17N5O3/c1-3-18(4-2)13(20)9-22-14(21)11-6-5-7-12(8-11)19-10-15-16-17-19/h5-8,10H,3-4,9H2,1-2H3. The number of rotatable bonds is 6. The molecule has 1 heterocycles. The van der Waals surface area contributed by atoms with Crippen LogP contribution in [0, 0.1) is 0 Å². The Morgan fingerprint density at radius 1 is 1.27 bits per heavy atom. The Labute approximate surface area is 127 Å². The summed E-state index contributed by atoms with van der Waals surface area (Å²) in [5.41, 5.74) is 0.967. The minimum Gasteiger partial charge on any atom is -0.452 e. The van der Waals surface area contributed by atoms with Gasteiger partial charge in [-0.1, -0.05) is 6.07 Å². The minimum atomic E-state index is -0.560. The molecule has 2 aromatic rings. The van der Waals surface area contributed by atoms with Gasteiger partial charge in [0.25, 0.3) is 5.91 Å². The van der Waals surface area contributed by atoms with Crippen LogP contribution in [0.15, 0.2) is 30.6 Å². The van der Waals surface area contributed by atoms with Gasteiger partial charge in [-0.25, -0.2) is 9.48 Å². The largest absolute Gasteiger partial charge is 0.452 e. The van der Waals surface area contributed by atoms with E-state index in [1.54, 1.807) is 29.2 Å². The second-order valence-corrected chi connectivity index (χ2v) is 4.45. The van der Waals surface area contributed by atoms with Gasteiger partial charge in [-0.3, -0.25) is 4.79 Å². The zero-order valence-electron chi connectivity index (χ0n) is 12.5. The Balaban J connectivity index is 2.01. The van der Waals surface area contributed by atoms with Crippen molar-refractivity contribution in [3.05, 3.63) is 36.2 Å². The second-order valence-electron chi connectivity index (χ2n) is 4.45. The summed E-state index contributed by atoms with van der Waals surface area (Å²) >= 11 is 0. The molecule has 0 atom stereocenters. The highest BCUT2D eigenvalue weighted by molar-refractivity contribution is 5.91. The predicted octanol–water partition coefficient (Wildman–Crippen LogP) is 0.687. The van der Waals surface area contributed by atoms with Crippen molar-refractivity contribution in [1.29, 1.82) is 0 Å². The zero-order chi connectivity index (χ0) is 15.9. The normalized spacial score (nSPS) is 10.3. The van der Waals surface area contributed by atoms with Gasteiger partial charge >= 0.3 is 5.97 Å². The summed E-state index contributed by atoms with van der Waals surface area (Å²) in [7, 11) is 0. The third-order valence-electron chi connectivity index (χ3n) is 3.14. The van der Waals surface area contributed by atoms with Crippen LogP contribution in [0.1, 0.15) is 24.2 Å². The van der Waals surface area contributed by atoms with E-state index in [9.17, 15) is 9.59 Å². The lowest BCUT2D eigenvalue weighted by Crippen LogP contribution is -2.34. The van der Waals surface area contributed by atoms with Crippen LogP contribution in [0.25, 0.3) is 5.69 Å². The molecular formula is C14H17N5O3. The maximum absolute atomic E-state index is 12.0. The molecule has 22 heavy (non-hydrogen) atoms. The third-order valence-corrected chi connectivity index (χ3v) is 3.14. The van der Waals surface area contributed by atoms with E-state index in [1.165, 1.54) is 11.0 Å². The van der Waals surface area contributed by atoms with Crippen LogP contribution in [-0.2, 0) is 9.53 Å². The predicted molar refractivity (Wildman–Crippen MR) is 77.4 cm³/mol. The Kier molecular flexibility index (Phi) is 5.18. The molecule has 0 saturated carbocycles. The maximum atomic E-state index is 12.0. The molecule has 0 radical (unpaired) electrons.